The third-order valence-electron chi connectivity index (χ3n) is 4.91. The number of nitrogens with one attached hydrogen (secondary N) is 1. The second kappa shape index (κ2) is 7.56. The van der Waals surface area contributed by atoms with Crippen LogP contribution in [0.2, 0.25) is 0 Å². The summed E-state index contributed by atoms with van der Waals surface area (Å²) in [5, 5.41) is 2.98. The number of aryl methyl sites for hydroxylation is 2. The van der Waals surface area contributed by atoms with Gasteiger partial charge in [0.1, 0.15) is 5.82 Å². The lowest BCUT2D eigenvalue weighted by atomic mass is 10.1. The molecule has 1 aliphatic heterocycles. The van der Waals surface area contributed by atoms with Crippen molar-refractivity contribution in [2.75, 3.05) is 5.32 Å². The number of carbonyl (C=O) groups is 1. The van der Waals surface area contributed by atoms with Crippen molar-refractivity contribution < 1.29 is 4.79 Å². The van der Waals surface area contributed by atoms with E-state index in [1.54, 1.807) is 0 Å². The third kappa shape index (κ3) is 3.69. The van der Waals surface area contributed by atoms with Gasteiger partial charge in [0.2, 0.25) is 5.91 Å². The number of benzene rings is 2. The van der Waals surface area contributed by atoms with Crippen molar-refractivity contribution in [3.63, 3.8) is 0 Å². The van der Waals surface area contributed by atoms with Gasteiger partial charge < -0.3 is 9.88 Å². The normalized spacial score (nSPS) is 13.2. The van der Waals surface area contributed by atoms with Crippen LogP contribution in [0.3, 0.4) is 0 Å². The molecule has 0 bridgehead atoms. The summed E-state index contributed by atoms with van der Waals surface area (Å²) in [5.74, 6) is 1.07. The summed E-state index contributed by atoms with van der Waals surface area (Å²) in [7, 11) is 0. The maximum Gasteiger partial charge on any atom is 0.224 e. The molecule has 0 aliphatic carbocycles. The predicted octanol–water partition coefficient (Wildman–Crippen LogP) is 4.46. The van der Waals surface area contributed by atoms with Crippen LogP contribution in [0.4, 0.5) is 5.69 Å². The van der Waals surface area contributed by atoms with Gasteiger partial charge in [-0.15, -0.1) is 0 Å². The second-order valence-electron chi connectivity index (χ2n) is 6.79. The van der Waals surface area contributed by atoms with Crippen molar-refractivity contribution in [1.29, 1.82) is 0 Å². The van der Waals surface area contributed by atoms with Crippen LogP contribution in [0.1, 0.15) is 30.5 Å². The topological polar surface area (TPSA) is 46.9 Å². The molecule has 2 heterocycles. The molecule has 0 atom stereocenters. The molecule has 1 aromatic heterocycles. The summed E-state index contributed by atoms with van der Waals surface area (Å²) in [5.41, 5.74) is 4.43. The molecule has 1 N–H and O–H groups in total. The Morgan fingerprint density at radius 2 is 1.85 bits per heavy atom. The maximum absolute atomic E-state index is 12.2. The van der Waals surface area contributed by atoms with Crippen LogP contribution in [0.5, 0.6) is 0 Å². The molecular formula is C22H23N3O. The Hall–Kier alpha value is -2.88. The fraction of sp³-hybridized carbons (Fsp3) is 0.273. The monoisotopic (exact) mass is 345 g/mol. The molecule has 0 saturated heterocycles. The molecule has 4 rings (SSSR count). The first kappa shape index (κ1) is 16.6. The van der Waals surface area contributed by atoms with Crippen molar-refractivity contribution in [3.05, 3.63) is 72.1 Å². The largest absolute Gasteiger partial charge is 0.328 e. The zero-order chi connectivity index (χ0) is 17.8. The van der Waals surface area contributed by atoms with Crippen LogP contribution in [0, 0.1) is 0 Å². The van der Waals surface area contributed by atoms with Gasteiger partial charge >= 0.3 is 0 Å². The van der Waals surface area contributed by atoms with E-state index in [2.05, 4.69) is 14.9 Å². The Bertz CT molecular complexity index is 882. The van der Waals surface area contributed by atoms with Gasteiger partial charge in [-0.1, -0.05) is 30.3 Å². The molecule has 132 valence electrons. The molecular weight excluding hydrogens is 322 g/mol. The van der Waals surface area contributed by atoms with Crippen LogP contribution in [-0.4, -0.2) is 15.5 Å². The number of carbonyl (C=O) groups excluding carboxylic acids is 1. The lowest BCUT2D eigenvalue weighted by Crippen LogP contribution is -2.12. The first-order chi connectivity index (χ1) is 12.8. The fourth-order valence-electron chi connectivity index (χ4n) is 3.50. The predicted molar refractivity (Wildman–Crippen MR) is 104 cm³/mol. The fourth-order valence-corrected chi connectivity index (χ4v) is 3.50. The van der Waals surface area contributed by atoms with Gasteiger partial charge in [0.05, 0.1) is 0 Å². The Balaban J connectivity index is 1.38. The van der Waals surface area contributed by atoms with Crippen molar-refractivity contribution >= 4 is 11.6 Å². The summed E-state index contributed by atoms with van der Waals surface area (Å²) in [4.78, 5) is 16.8. The number of anilines is 1. The van der Waals surface area contributed by atoms with E-state index in [9.17, 15) is 4.79 Å². The van der Waals surface area contributed by atoms with Crippen molar-refractivity contribution in [1.82, 2.24) is 9.55 Å². The number of fused-ring (bicyclic) bond motifs is 1. The van der Waals surface area contributed by atoms with Gasteiger partial charge in [-0.3, -0.25) is 4.79 Å². The van der Waals surface area contributed by atoms with E-state index >= 15 is 0 Å². The number of rotatable bonds is 5. The molecule has 26 heavy (non-hydrogen) atoms. The Morgan fingerprint density at radius 1 is 1.04 bits per heavy atom. The second-order valence-corrected chi connectivity index (χ2v) is 6.79. The third-order valence-corrected chi connectivity index (χ3v) is 4.91. The minimum atomic E-state index is 0.0415. The van der Waals surface area contributed by atoms with Crippen LogP contribution in [0.25, 0.3) is 11.4 Å². The molecule has 1 aliphatic rings. The Kier molecular flexibility index (Phi) is 4.82. The molecule has 0 unspecified atom stereocenters. The van der Waals surface area contributed by atoms with Gasteiger partial charge in [-0.2, -0.15) is 0 Å². The molecule has 4 nitrogen and oxygen atoms in total. The molecule has 2 aromatic carbocycles. The van der Waals surface area contributed by atoms with Gasteiger partial charge in [-0.05, 0) is 55.5 Å². The van der Waals surface area contributed by atoms with Crippen LogP contribution < -0.4 is 5.32 Å². The molecule has 0 radical (unpaired) electrons. The first-order valence-electron chi connectivity index (χ1n) is 9.28. The molecule has 0 fully saturated rings. The van der Waals surface area contributed by atoms with Gasteiger partial charge in [-0.25, -0.2) is 4.98 Å². The summed E-state index contributed by atoms with van der Waals surface area (Å²) in [6.45, 7) is 1.04. The number of amides is 1. The smallest absolute Gasteiger partial charge is 0.224 e. The molecule has 3 aromatic rings. The highest BCUT2D eigenvalue weighted by Crippen LogP contribution is 2.25. The van der Waals surface area contributed by atoms with Crippen molar-refractivity contribution in [3.8, 4) is 11.4 Å². The minimum Gasteiger partial charge on any atom is -0.328 e. The van der Waals surface area contributed by atoms with E-state index in [-0.39, 0.29) is 5.91 Å². The Morgan fingerprint density at radius 3 is 2.65 bits per heavy atom. The van der Waals surface area contributed by atoms with E-state index in [0.29, 0.717) is 6.42 Å². The van der Waals surface area contributed by atoms with Gasteiger partial charge in [0.15, 0.2) is 0 Å². The highest BCUT2D eigenvalue weighted by molar-refractivity contribution is 5.91. The van der Waals surface area contributed by atoms with Crippen LogP contribution in [-0.2, 0) is 24.2 Å². The number of aromatic nitrogens is 2. The van der Waals surface area contributed by atoms with Crippen LogP contribution in [0.15, 0.2) is 60.8 Å². The van der Waals surface area contributed by atoms with E-state index in [1.165, 1.54) is 24.1 Å². The van der Waals surface area contributed by atoms with E-state index in [0.717, 1.165) is 36.5 Å². The maximum atomic E-state index is 12.2. The standard InChI is InChI=1S/C22H23N3O/c26-21(14-9-17-6-2-1-3-7-17)24-19-12-10-18(11-13-19)22-23-16-20-8-4-5-15-25(20)22/h1-3,6-7,10-13,16H,4-5,8-9,14-15H2,(H,24,26). The molecule has 0 spiro atoms. The first-order valence-corrected chi connectivity index (χ1v) is 9.28. The number of hydrogen-bond donors (Lipinski definition) is 1. The number of imidazole rings is 1. The van der Waals surface area contributed by atoms with Gasteiger partial charge in [0.25, 0.3) is 0 Å². The van der Waals surface area contributed by atoms with E-state index in [4.69, 9.17) is 0 Å². The quantitative estimate of drug-likeness (QED) is 0.742. The average Bonchev–Trinajstić information content (AvgIpc) is 3.12. The molecule has 1 amide bonds. The number of nitrogens with zero attached hydrogens (tertiary/aromatic N) is 2. The zero-order valence-electron chi connectivity index (χ0n) is 14.8. The summed E-state index contributed by atoms with van der Waals surface area (Å²) >= 11 is 0. The molecule has 0 saturated carbocycles. The Labute approximate surface area is 153 Å². The summed E-state index contributed by atoms with van der Waals surface area (Å²) in [6.07, 6.45) is 6.81. The minimum absolute atomic E-state index is 0.0415. The van der Waals surface area contributed by atoms with Crippen molar-refractivity contribution in [2.45, 2.75) is 38.6 Å². The highest BCUT2D eigenvalue weighted by atomic mass is 16.1. The molecule has 4 heteroatoms. The lowest BCUT2D eigenvalue weighted by Gasteiger charge is -2.16. The highest BCUT2D eigenvalue weighted by Gasteiger charge is 2.15. The number of hydrogen-bond acceptors (Lipinski definition) is 2. The lowest BCUT2D eigenvalue weighted by molar-refractivity contribution is -0.116. The van der Waals surface area contributed by atoms with Crippen LogP contribution >= 0.6 is 0 Å². The van der Waals surface area contributed by atoms with Gasteiger partial charge in [0, 0.05) is 36.1 Å². The SMILES string of the molecule is O=C(CCc1ccccc1)Nc1ccc(-c2ncc3n2CCCC3)cc1. The zero-order valence-corrected chi connectivity index (χ0v) is 14.8. The summed E-state index contributed by atoms with van der Waals surface area (Å²) < 4.78 is 2.32. The van der Waals surface area contributed by atoms with E-state index in [1.807, 2.05) is 60.8 Å². The van der Waals surface area contributed by atoms with Crippen molar-refractivity contribution in [2.24, 2.45) is 0 Å². The summed E-state index contributed by atoms with van der Waals surface area (Å²) in [6, 6.07) is 18.1. The van der Waals surface area contributed by atoms with E-state index < -0.39 is 0 Å². The average molecular weight is 345 g/mol.